The molecule has 4 aliphatic heterocycles. The number of esters is 2. The molecule has 2 aromatic carbocycles. The summed E-state index contributed by atoms with van der Waals surface area (Å²) < 4.78 is 29.8. The van der Waals surface area contributed by atoms with Crippen LogP contribution in [0.5, 0.6) is 11.5 Å². The van der Waals surface area contributed by atoms with E-state index in [4.69, 9.17) is 46.9 Å². The quantitative estimate of drug-likeness (QED) is 0.207. The maximum Gasteiger partial charge on any atom is 0.345 e. The van der Waals surface area contributed by atoms with Gasteiger partial charge in [0.1, 0.15) is 29.0 Å². The van der Waals surface area contributed by atoms with E-state index in [1.807, 2.05) is 0 Å². The first kappa shape index (κ1) is 49.1. The van der Waals surface area contributed by atoms with Gasteiger partial charge in [-0.05, 0) is 51.0 Å². The lowest BCUT2D eigenvalue weighted by atomic mass is 9.78. The lowest BCUT2D eigenvalue weighted by Gasteiger charge is -2.38. The van der Waals surface area contributed by atoms with E-state index in [-0.39, 0.29) is 49.5 Å². The molecule has 5 aliphatic rings. The van der Waals surface area contributed by atoms with E-state index in [1.54, 1.807) is 44.7 Å². The smallest absolute Gasteiger partial charge is 0.345 e. The molecule has 0 radical (unpaired) electrons. The normalized spacial score (nSPS) is 28.8. The molecule has 0 saturated carbocycles. The zero-order chi connectivity index (χ0) is 47.8. The molecule has 1 saturated heterocycles. The summed E-state index contributed by atoms with van der Waals surface area (Å²) in [6, 6.07) is 4.07. The highest BCUT2D eigenvalue weighted by Gasteiger charge is 2.54. The number of aliphatic hydroxyl groups excluding tert-OH is 2. The molecule has 1 fully saturated rings. The van der Waals surface area contributed by atoms with Gasteiger partial charge in [-0.15, -0.1) is 0 Å². The lowest BCUT2D eigenvalue weighted by molar-refractivity contribution is -0.160. The number of ketones is 3. The Morgan fingerprint density at radius 3 is 2.22 bits per heavy atom. The summed E-state index contributed by atoms with van der Waals surface area (Å²) >= 11 is 12.5. The van der Waals surface area contributed by atoms with Crippen LogP contribution in [0.3, 0.4) is 0 Å². The highest BCUT2D eigenvalue weighted by atomic mass is 35.5. The number of nitrogens with one attached hydrogen (secondary N) is 1. The molecule has 4 heterocycles. The minimum absolute atomic E-state index is 0.0179. The average Bonchev–Trinajstić information content (AvgIpc) is 3.88. The third-order valence-electron chi connectivity index (χ3n) is 12.7. The van der Waals surface area contributed by atoms with E-state index < -0.39 is 106 Å². The second kappa shape index (κ2) is 19.6. The van der Waals surface area contributed by atoms with E-state index in [0.29, 0.717) is 25.9 Å². The molecule has 15 nitrogen and oxygen atoms in total. The SMILES string of the molecule is CO[C@H]1C=CO[C@@]2(C)Oc3c(C)c(OC(=O)c4ccc(Cl)cc4Cl)c4c(c3C2=O)C(=O)C(N2CCCC2)=C(NC(=O)C(C)=CC=C[C@H](C)[C@H](O)[C@@H](C)[C@H](O)[C@H](C)[C@H](OC(C)=O)[C@@H]1C)C4=O. The second-order valence-electron chi connectivity index (χ2n) is 17.2. The van der Waals surface area contributed by atoms with Gasteiger partial charge in [0.25, 0.3) is 11.7 Å². The highest BCUT2D eigenvalue weighted by molar-refractivity contribution is 6.37. The molecule has 348 valence electrons. The van der Waals surface area contributed by atoms with E-state index >= 15 is 9.59 Å². The topological polar surface area (TPSA) is 204 Å². The van der Waals surface area contributed by atoms with Crippen molar-refractivity contribution >= 4 is 58.4 Å². The fourth-order valence-corrected chi connectivity index (χ4v) is 9.32. The molecule has 2 aromatic rings. The minimum Gasteiger partial charge on any atom is -0.462 e. The van der Waals surface area contributed by atoms with Crippen LogP contribution in [-0.2, 0) is 23.8 Å². The predicted molar refractivity (Wildman–Crippen MR) is 239 cm³/mol. The first-order chi connectivity index (χ1) is 30.6. The van der Waals surface area contributed by atoms with Crippen LogP contribution in [0.25, 0.3) is 0 Å². The van der Waals surface area contributed by atoms with Crippen molar-refractivity contribution in [2.45, 2.75) is 98.4 Å². The van der Waals surface area contributed by atoms with Crippen LogP contribution in [0.15, 0.2) is 65.7 Å². The molecule has 7 rings (SSSR count). The van der Waals surface area contributed by atoms with Gasteiger partial charge in [-0.25, -0.2) is 4.79 Å². The molecule has 5 bridgehead atoms. The first-order valence-electron chi connectivity index (χ1n) is 21.4. The molecule has 1 amide bonds. The number of hydrogen-bond acceptors (Lipinski definition) is 14. The van der Waals surface area contributed by atoms with Crippen molar-refractivity contribution in [3.05, 3.63) is 104 Å². The van der Waals surface area contributed by atoms with Gasteiger partial charge in [-0.1, -0.05) is 69.1 Å². The number of halogens is 2. The Bertz CT molecular complexity index is 2440. The second-order valence-corrected chi connectivity index (χ2v) is 18.0. The summed E-state index contributed by atoms with van der Waals surface area (Å²) in [7, 11) is 1.41. The lowest BCUT2D eigenvalue weighted by Crippen LogP contribution is -2.46. The fraction of sp³-hybridized carbons (Fsp3) is 0.458. The Hall–Kier alpha value is -5.32. The van der Waals surface area contributed by atoms with Gasteiger partial charge in [0.05, 0.1) is 51.9 Å². The van der Waals surface area contributed by atoms with Crippen molar-refractivity contribution in [3.8, 4) is 11.5 Å². The maximum atomic E-state index is 15.2. The predicted octanol–water partition coefficient (Wildman–Crippen LogP) is 6.87. The summed E-state index contributed by atoms with van der Waals surface area (Å²) in [5, 5.41) is 25.8. The first-order valence-corrected chi connectivity index (χ1v) is 22.2. The van der Waals surface area contributed by atoms with Crippen LogP contribution in [0.2, 0.25) is 10.0 Å². The number of carbonyl (C=O) groups excluding carboxylic acids is 6. The maximum absolute atomic E-state index is 15.2. The minimum atomic E-state index is -2.17. The molecule has 0 spiro atoms. The molecule has 65 heavy (non-hydrogen) atoms. The molecule has 0 aromatic heterocycles. The zero-order valence-corrected chi connectivity index (χ0v) is 39.2. The van der Waals surface area contributed by atoms with Crippen LogP contribution in [0, 0.1) is 30.6 Å². The number of rotatable bonds is 5. The Morgan fingerprint density at radius 1 is 0.908 bits per heavy atom. The average molecular weight is 938 g/mol. The molecular formula is C48H54Cl2N2O13. The zero-order valence-electron chi connectivity index (χ0n) is 37.7. The standard InChI is InChI=1S/C48H54Cl2N2O13/c1-22-13-12-14-23(2)46(59)51-36-37(52-18-10-11-19-52)41(57)33-34(40(36)56)43(64-47(60)30-16-15-29(49)21-31(30)50)27(6)44-35(33)45(58)48(8,65-44)62-20-17-32(61-9)24(3)42(63-28(7)53)26(5)39(55)25(4)38(22)54/h12-17,20-22,24-26,32,38-39,42,54-55H,10-11,18-19H2,1-9H3,(H,51,59)/t22-,24+,25+,26-,32-,38-,39-,42+,48-/m0/s1. The van der Waals surface area contributed by atoms with Crippen molar-refractivity contribution in [1.29, 1.82) is 0 Å². The number of benzene rings is 2. The van der Waals surface area contributed by atoms with Gasteiger partial charge >= 0.3 is 17.7 Å². The number of allylic oxidation sites excluding steroid dienone is 4. The van der Waals surface area contributed by atoms with Gasteiger partial charge in [-0.3, -0.25) is 24.0 Å². The number of nitrogens with zero attached hydrogens (tertiary/aromatic N) is 1. The number of methoxy groups -OCH3 is 1. The van der Waals surface area contributed by atoms with E-state index in [1.165, 1.54) is 65.2 Å². The Labute approximate surface area is 387 Å². The Morgan fingerprint density at radius 2 is 1.58 bits per heavy atom. The largest absolute Gasteiger partial charge is 0.462 e. The Balaban J connectivity index is 1.55. The van der Waals surface area contributed by atoms with Gasteiger partial charge in [0.15, 0.2) is 0 Å². The number of amides is 1. The third kappa shape index (κ3) is 9.53. The molecule has 3 N–H and O–H groups in total. The molecular weight excluding hydrogens is 883 g/mol. The van der Waals surface area contributed by atoms with Crippen LogP contribution in [0.1, 0.15) is 108 Å². The molecule has 1 aliphatic carbocycles. The van der Waals surface area contributed by atoms with Crippen molar-refractivity contribution in [2.24, 2.45) is 23.7 Å². The van der Waals surface area contributed by atoms with E-state index in [2.05, 4.69) is 5.32 Å². The van der Waals surface area contributed by atoms with Gasteiger partial charge in [0, 0.05) is 73.9 Å². The van der Waals surface area contributed by atoms with Crippen molar-refractivity contribution in [2.75, 3.05) is 20.2 Å². The van der Waals surface area contributed by atoms with Gasteiger partial charge in [-0.2, -0.15) is 0 Å². The van der Waals surface area contributed by atoms with Gasteiger partial charge in [0.2, 0.25) is 11.6 Å². The summed E-state index contributed by atoms with van der Waals surface area (Å²) in [5.41, 5.74) is -1.74. The monoisotopic (exact) mass is 936 g/mol. The summed E-state index contributed by atoms with van der Waals surface area (Å²) in [6.07, 6.45) is 4.58. The molecule has 9 atom stereocenters. The third-order valence-corrected chi connectivity index (χ3v) is 13.2. The summed E-state index contributed by atoms with van der Waals surface area (Å²) in [4.78, 5) is 87.0. The number of hydrogen-bond donors (Lipinski definition) is 3. The van der Waals surface area contributed by atoms with E-state index in [9.17, 15) is 29.4 Å². The number of Topliss-reactive ketones (excluding diaryl/α,β-unsaturated/α-hetero) is 3. The van der Waals surface area contributed by atoms with Gasteiger partial charge < -0.3 is 44.1 Å². The molecule has 17 heteroatoms. The van der Waals surface area contributed by atoms with E-state index in [0.717, 1.165) is 6.26 Å². The van der Waals surface area contributed by atoms with Crippen LogP contribution < -0.4 is 14.8 Å². The number of aliphatic hydroxyl groups is 2. The molecule has 0 unspecified atom stereocenters. The number of carbonyl (C=O) groups is 6. The number of fused-ring (bicyclic) bond motifs is 14. The van der Waals surface area contributed by atoms with Crippen LogP contribution >= 0.6 is 23.2 Å². The van der Waals surface area contributed by atoms with Crippen molar-refractivity contribution in [3.63, 3.8) is 0 Å². The fourth-order valence-electron chi connectivity index (χ4n) is 8.83. The summed E-state index contributed by atoms with van der Waals surface area (Å²) in [5.74, 6) is -10.4. The highest BCUT2D eigenvalue weighted by Crippen LogP contribution is 2.50. The number of ether oxygens (including phenoxy) is 5. The van der Waals surface area contributed by atoms with Crippen LogP contribution in [-0.4, -0.2) is 101 Å². The van der Waals surface area contributed by atoms with Crippen molar-refractivity contribution < 1.29 is 62.7 Å². The van der Waals surface area contributed by atoms with Crippen molar-refractivity contribution in [1.82, 2.24) is 10.2 Å². The summed E-state index contributed by atoms with van der Waals surface area (Å²) in [6.45, 7) is 13.0. The number of likely N-dealkylation sites (tertiary alicyclic amines) is 1. The van der Waals surface area contributed by atoms with Crippen LogP contribution in [0.4, 0.5) is 0 Å². The Kier molecular flexibility index (Phi) is 14.8.